The number of rotatable bonds is 9. The van der Waals surface area contributed by atoms with E-state index in [9.17, 15) is 8.42 Å². The maximum absolute atomic E-state index is 12.1. The lowest BCUT2D eigenvalue weighted by Crippen LogP contribution is -2.39. The van der Waals surface area contributed by atoms with E-state index in [1.54, 1.807) is 4.68 Å². The fourth-order valence-electron chi connectivity index (χ4n) is 2.66. The van der Waals surface area contributed by atoms with Crippen LogP contribution in [0, 0.1) is 5.92 Å². The van der Waals surface area contributed by atoms with Gasteiger partial charge in [0.2, 0.25) is 10.0 Å². The van der Waals surface area contributed by atoms with E-state index in [1.165, 1.54) is 6.42 Å². The lowest BCUT2D eigenvalue weighted by molar-refractivity contribution is 0.316. The predicted octanol–water partition coefficient (Wildman–Crippen LogP) is 0.537. The summed E-state index contributed by atoms with van der Waals surface area (Å²) in [5.74, 6) is 1.22. The zero-order valence-corrected chi connectivity index (χ0v) is 16.2. The normalized spacial score (nSPS) is 15.9. The standard InChI is InChI=1S/C16H30N6O2S/c1-4-17-16(21(2)12-15-10-19-22(3)13-15)18-8-9-25(23,24)20-11-14-6-5-7-14/h10,13-14,20H,4-9,11-12H2,1-3H3,(H,17,18). The van der Waals surface area contributed by atoms with Gasteiger partial charge in [-0.05, 0) is 25.7 Å². The minimum atomic E-state index is -3.26. The third-order valence-corrected chi connectivity index (χ3v) is 5.64. The van der Waals surface area contributed by atoms with Crippen LogP contribution in [-0.4, -0.2) is 61.5 Å². The SMILES string of the molecule is CCNC(=NCCS(=O)(=O)NCC1CCC1)N(C)Cc1cnn(C)c1. The van der Waals surface area contributed by atoms with Gasteiger partial charge < -0.3 is 10.2 Å². The van der Waals surface area contributed by atoms with Crippen LogP contribution in [0.15, 0.2) is 17.4 Å². The van der Waals surface area contributed by atoms with Crippen molar-refractivity contribution in [2.75, 3.05) is 32.4 Å². The number of guanidine groups is 1. The Labute approximate surface area is 150 Å². The average molecular weight is 371 g/mol. The Balaban J connectivity index is 1.84. The van der Waals surface area contributed by atoms with Crippen molar-refractivity contribution >= 4 is 16.0 Å². The molecule has 8 nitrogen and oxygen atoms in total. The lowest BCUT2D eigenvalue weighted by atomic mass is 9.86. The first-order valence-electron chi connectivity index (χ1n) is 8.84. The van der Waals surface area contributed by atoms with Crippen LogP contribution in [-0.2, 0) is 23.6 Å². The maximum Gasteiger partial charge on any atom is 0.213 e. The average Bonchev–Trinajstić information content (AvgIpc) is 2.89. The molecule has 9 heteroatoms. The topological polar surface area (TPSA) is 91.6 Å². The molecule has 0 aliphatic heterocycles. The summed E-state index contributed by atoms with van der Waals surface area (Å²) < 4.78 is 28.6. The van der Waals surface area contributed by atoms with Crippen LogP contribution in [0.25, 0.3) is 0 Å². The maximum atomic E-state index is 12.1. The smallest absolute Gasteiger partial charge is 0.213 e. The highest BCUT2D eigenvalue weighted by Gasteiger charge is 2.20. The van der Waals surface area contributed by atoms with Crippen LogP contribution in [0.5, 0.6) is 0 Å². The molecule has 1 aromatic rings. The van der Waals surface area contributed by atoms with E-state index in [1.807, 2.05) is 38.3 Å². The van der Waals surface area contributed by atoms with Crippen molar-refractivity contribution in [2.45, 2.75) is 32.7 Å². The number of nitrogens with zero attached hydrogens (tertiary/aromatic N) is 4. The molecule has 2 rings (SSSR count). The molecule has 1 saturated carbocycles. The Kier molecular flexibility index (Phi) is 7.24. The summed E-state index contributed by atoms with van der Waals surface area (Å²) in [6, 6.07) is 0. The van der Waals surface area contributed by atoms with Gasteiger partial charge in [0.25, 0.3) is 0 Å². The van der Waals surface area contributed by atoms with Crippen molar-refractivity contribution in [3.05, 3.63) is 18.0 Å². The fraction of sp³-hybridized carbons (Fsp3) is 0.750. The third-order valence-electron chi connectivity index (χ3n) is 4.31. The minimum Gasteiger partial charge on any atom is -0.357 e. The summed E-state index contributed by atoms with van der Waals surface area (Å²) in [5.41, 5.74) is 1.07. The van der Waals surface area contributed by atoms with Crippen LogP contribution in [0.4, 0.5) is 0 Å². The van der Waals surface area contributed by atoms with Crippen molar-refractivity contribution < 1.29 is 8.42 Å². The van der Waals surface area contributed by atoms with E-state index in [4.69, 9.17) is 0 Å². The molecular formula is C16H30N6O2S. The summed E-state index contributed by atoms with van der Waals surface area (Å²) in [7, 11) is 0.546. The van der Waals surface area contributed by atoms with Gasteiger partial charge in [-0.15, -0.1) is 0 Å². The predicted molar refractivity (Wildman–Crippen MR) is 99.8 cm³/mol. The lowest BCUT2D eigenvalue weighted by Gasteiger charge is -2.25. The van der Waals surface area contributed by atoms with Gasteiger partial charge in [-0.3, -0.25) is 9.67 Å². The van der Waals surface area contributed by atoms with Gasteiger partial charge in [0, 0.05) is 45.5 Å². The number of sulfonamides is 1. The van der Waals surface area contributed by atoms with E-state index in [-0.39, 0.29) is 12.3 Å². The molecule has 0 saturated heterocycles. The summed E-state index contributed by atoms with van der Waals surface area (Å²) in [6.45, 7) is 4.17. The molecule has 0 atom stereocenters. The molecule has 0 amide bonds. The summed E-state index contributed by atoms with van der Waals surface area (Å²) >= 11 is 0. The fourth-order valence-corrected chi connectivity index (χ4v) is 3.62. The van der Waals surface area contributed by atoms with E-state index < -0.39 is 10.0 Å². The molecule has 1 aliphatic carbocycles. The number of hydrogen-bond donors (Lipinski definition) is 2. The van der Waals surface area contributed by atoms with Gasteiger partial charge >= 0.3 is 0 Å². The molecule has 1 aromatic heterocycles. The van der Waals surface area contributed by atoms with E-state index in [0.29, 0.717) is 25.0 Å². The minimum absolute atomic E-state index is 0.00927. The Bertz CT molecular complexity index is 666. The highest BCUT2D eigenvalue weighted by Crippen LogP contribution is 2.25. The second-order valence-corrected chi connectivity index (χ2v) is 8.50. The number of aryl methyl sites for hydroxylation is 1. The molecule has 2 N–H and O–H groups in total. The number of aliphatic imine (C=N–C) groups is 1. The summed E-state index contributed by atoms with van der Waals surface area (Å²) in [6.07, 6.45) is 7.24. The molecule has 142 valence electrons. The Morgan fingerprint density at radius 2 is 2.24 bits per heavy atom. The monoisotopic (exact) mass is 370 g/mol. The highest BCUT2D eigenvalue weighted by molar-refractivity contribution is 7.89. The largest absolute Gasteiger partial charge is 0.357 e. The van der Waals surface area contributed by atoms with E-state index >= 15 is 0 Å². The Morgan fingerprint density at radius 1 is 1.48 bits per heavy atom. The second-order valence-electron chi connectivity index (χ2n) is 6.58. The number of aromatic nitrogens is 2. The van der Waals surface area contributed by atoms with Crippen molar-refractivity contribution in [3.63, 3.8) is 0 Å². The van der Waals surface area contributed by atoms with Gasteiger partial charge in [0.05, 0.1) is 18.5 Å². The summed E-state index contributed by atoms with van der Waals surface area (Å²) in [5, 5.41) is 7.36. The van der Waals surface area contributed by atoms with Crippen LogP contribution < -0.4 is 10.0 Å². The van der Waals surface area contributed by atoms with Gasteiger partial charge in [-0.1, -0.05) is 6.42 Å². The van der Waals surface area contributed by atoms with Crippen LogP contribution >= 0.6 is 0 Å². The first-order valence-corrected chi connectivity index (χ1v) is 10.5. The van der Waals surface area contributed by atoms with Gasteiger partial charge in [-0.25, -0.2) is 13.1 Å². The van der Waals surface area contributed by atoms with Crippen molar-refractivity contribution in [1.29, 1.82) is 0 Å². The van der Waals surface area contributed by atoms with Crippen LogP contribution in [0.1, 0.15) is 31.7 Å². The summed E-state index contributed by atoms with van der Waals surface area (Å²) in [4.78, 5) is 6.42. The molecule has 1 aliphatic rings. The van der Waals surface area contributed by atoms with Crippen molar-refractivity contribution in [2.24, 2.45) is 18.0 Å². The molecule has 0 unspecified atom stereocenters. The van der Waals surface area contributed by atoms with Gasteiger partial charge in [0.1, 0.15) is 0 Å². The molecule has 0 radical (unpaired) electrons. The molecule has 0 spiro atoms. The zero-order chi connectivity index (χ0) is 18.3. The molecule has 1 fully saturated rings. The molecule has 25 heavy (non-hydrogen) atoms. The third kappa shape index (κ3) is 6.66. The number of nitrogens with one attached hydrogen (secondary N) is 2. The van der Waals surface area contributed by atoms with E-state index in [0.717, 1.165) is 24.9 Å². The molecule has 0 aromatic carbocycles. The highest BCUT2D eigenvalue weighted by atomic mass is 32.2. The second kappa shape index (κ2) is 9.19. The van der Waals surface area contributed by atoms with Crippen molar-refractivity contribution in [3.8, 4) is 0 Å². The van der Waals surface area contributed by atoms with Gasteiger partial charge in [0.15, 0.2) is 5.96 Å². The zero-order valence-electron chi connectivity index (χ0n) is 15.4. The quantitative estimate of drug-likeness (QED) is 0.489. The molecule has 0 bridgehead atoms. The number of hydrogen-bond acceptors (Lipinski definition) is 4. The Morgan fingerprint density at radius 3 is 2.80 bits per heavy atom. The molecule has 1 heterocycles. The van der Waals surface area contributed by atoms with Crippen LogP contribution in [0.3, 0.4) is 0 Å². The first-order chi connectivity index (χ1) is 11.9. The van der Waals surface area contributed by atoms with Crippen LogP contribution in [0.2, 0.25) is 0 Å². The first kappa shape index (κ1) is 19.7. The Hall–Kier alpha value is -1.61. The van der Waals surface area contributed by atoms with Gasteiger partial charge in [-0.2, -0.15) is 5.10 Å². The van der Waals surface area contributed by atoms with Crippen molar-refractivity contribution in [1.82, 2.24) is 24.7 Å². The molecular weight excluding hydrogens is 340 g/mol. The van der Waals surface area contributed by atoms with E-state index in [2.05, 4.69) is 20.1 Å².